The van der Waals surface area contributed by atoms with Crippen LogP contribution in [0, 0.1) is 0 Å². The number of aliphatic hydroxyl groups is 1. The number of fused-ring (bicyclic) bond motifs is 5. The molecule has 3 aliphatic rings. The molecule has 1 fully saturated rings. The van der Waals surface area contributed by atoms with Gasteiger partial charge in [-0.05, 0) is 48.9 Å². The van der Waals surface area contributed by atoms with Gasteiger partial charge >= 0.3 is 12.3 Å². The van der Waals surface area contributed by atoms with Gasteiger partial charge in [-0.3, -0.25) is 10.2 Å². The number of hydrogen-bond donors (Lipinski definition) is 2. The zero-order valence-electron chi connectivity index (χ0n) is 17.0. The largest absolute Gasteiger partial charge is 0.586 e. The Balaban J connectivity index is 1.39. The lowest BCUT2D eigenvalue weighted by Crippen LogP contribution is -2.54. The lowest BCUT2D eigenvalue weighted by Gasteiger charge is -2.39. The molecular weight excluding hydrogens is 436 g/mol. The summed E-state index contributed by atoms with van der Waals surface area (Å²) in [5, 5.41) is 13.5. The Morgan fingerprint density at radius 1 is 1.15 bits per heavy atom. The van der Waals surface area contributed by atoms with Gasteiger partial charge in [-0.2, -0.15) is 0 Å². The van der Waals surface area contributed by atoms with E-state index in [0.717, 1.165) is 0 Å². The number of amides is 2. The molecule has 1 saturated heterocycles. The van der Waals surface area contributed by atoms with Crippen LogP contribution in [-0.2, 0) is 0 Å². The first-order valence-corrected chi connectivity index (χ1v) is 10.3. The number of nitrogens with zero attached hydrogens (tertiary/aromatic N) is 4. The minimum atomic E-state index is -3.72. The first-order chi connectivity index (χ1) is 15.9. The first-order valence-electron chi connectivity index (χ1n) is 10.3. The van der Waals surface area contributed by atoms with Crippen molar-refractivity contribution in [2.24, 2.45) is 0 Å². The maximum atomic E-state index is 13.4. The molecule has 11 heteroatoms. The Morgan fingerprint density at radius 3 is 2.82 bits per heavy atom. The molecule has 0 spiro atoms. The molecule has 3 aromatic rings. The molecule has 2 N–H and O–H groups in total. The summed E-state index contributed by atoms with van der Waals surface area (Å²) in [7, 11) is 0. The van der Waals surface area contributed by atoms with Gasteiger partial charge in [-0.1, -0.05) is 6.07 Å². The molecule has 2 bridgehead atoms. The fourth-order valence-corrected chi connectivity index (χ4v) is 4.41. The van der Waals surface area contributed by atoms with E-state index in [1.165, 1.54) is 17.0 Å². The summed E-state index contributed by atoms with van der Waals surface area (Å²) in [4.78, 5) is 25.2. The Labute approximate surface area is 186 Å². The van der Waals surface area contributed by atoms with E-state index >= 15 is 0 Å². The lowest BCUT2D eigenvalue weighted by molar-refractivity contribution is -0.286. The number of alkyl halides is 2. The second kappa shape index (κ2) is 7.01. The highest BCUT2D eigenvalue weighted by Gasteiger charge is 2.47. The number of ether oxygens (including phenoxy) is 2. The molecular formula is C22H17F2N5O4. The monoisotopic (exact) mass is 453 g/mol. The zero-order valence-corrected chi connectivity index (χ0v) is 17.0. The third-order valence-corrected chi connectivity index (χ3v) is 5.87. The normalized spacial score (nSPS) is 21.7. The molecule has 0 radical (unpaired) electrons. The van der Waals surface area contributed by atoms with Crippen molar-refractivity contribution in [3.8, 4) is 22.8 Å². The smallest absolute Gasteiger partial charge is 0.395 e. The van der Waals surface area contributed by atoms with Crippen LogP contribution < -0.4 is 24.6 Å². The van der Waals surface area contributed by atoms with Gasteiger partial charge < -0.3 is 19.5 Å². The quantitative estimate of drug-likeness (QED) is 0.613. The molecule has 2 aromatic heterocycles. The summed E-state index contributed by atoms with van der Waals surface area (Å²) >= 11 is 0. The average Bonchev–Trinajstić information content (AvgIpc) is 3.25. The fourth-order valence-electron chi connectivity index (χ4n) is 4.41. The summed E-state index contributed by atoms with van der Waals surface area (Å²) in [6, 6.07) is 12.0. The number of benzene rings is 1. The van der Waals surface area contributed by atoms with Gasteiger partial charge in [-0.25, -0.2) is 14.8 Å². The molecule has 0 aliphatic carbocycles. The van der Waals surface area contributed by atoms with Gasteiger partial charge in [-0.15, -0.1) is 8.78 Å². The molecule has 5 heterocycles. The average molecular weight is 453 g/mol. The van der Waals surface area contributed by atoms with Crippen LogP contribution in [0.2, 0.25) is 0 Å². The van der Waals surface area contributed by atoms with Crippen LogP contribution in [0.15, 0.2) is 54.7 Å². The topological polar surface area (TPSA) is 100 Å². The number of aromatic nitrogens is 2. The van der Waals surface area contributed by atoms with E-state index < -0.39 is 24.6 Å². The number of rotatable bonds is 2. The SMILES string of the molecule is O=C(Nc1ccccn1)N1c2nc(-c3ccc4c(c3)OC(F)(F)O4)ccc2N2CC[C@H]1[C@@H]2O. The molecule has 6 rings (SSSR count). The van der Waals surface area contributed by atoms with E-state index in [9.17, 15) is 18.7 Å². The molecule has 1 aromatic carbocycles. The van der Waals surface area contributed by atoms with Gasteiger partial charge in [0.2, 0.25) is 0 Å². The number of anilines is 3. The Bertz CT molecular complexity index is 1260. The van der Waals surface area contributed by atoms with Crippen molar-refractivity contribution in [3.63, 3.8) is 0 Å². The highest BCUT2D eigenvalue weighted by molar-refractivity contribution is 6.04. The van der Waals surface area contributed by atoms with Gasteiger partial charge in [0.25, 0.3) is 0 Å². The van der Waals surface area contributed by atoms with Crippen LogP contribution in [0.1, 0.15) is 6.42 Å². The van der Waals surface area contributed by atoms with E-state index in [0.29, 0.717) is 41.5 Å². The van der Waals surface area contributed by atoms with Crippen molar-refractivity contribution in [1.29, 1.82) is 0 Å². The predicted octanol–water partition coefficient (Wildman–Crippen LogP) is 3.41. The molecule has 33 heavy (non-hydrogen) atoms. The van der Waals surface area contributed by atoms with E-state index in [-0.39, 0.29) is 11.5 Å². The van der Waals surface area contributed by atoms with Crippen LogP contribution in [0.5, 0.6) is 11.5 Å². The predicted molar refractivity (Wildman–Crippen MR) is 113 cm³/mol. The second-order valence-corrected chi connectivity index (χ2v) is 7.85. The van der Waals surface area contributed by atoms with Crippen LogP contribution in [0.25, 0.3) is 11.3 Å². The van der Waals surface area contributed by atoms with Crippen molar-refractivity contribution >= 4 is 23.4 Å². The number of aliphatic hydroxyl groups excluding tert-OH is 1. The highest BCUT2D eigenvalue weighted by atomic mass is 19.3. The van der Waals surface area contributed by atoms with Gasteiger partial charge in [0.15, 0.2) is 17.3 Å². The van der Waals surface area contributed by atoms with E-state index in [2.05, 4.69) is 24.8 Å². The third-order valence-electron chi connectivity index (χ3n) is 5.87. The standard InChI is InChI=1S/C22H17F2N5O4/c23-22(24)32-16-7-4-12(11-17(16)33-22)13-5-6-14-19(26-13)29(15-8-10-28(14)20(15)30)21(31)27-18-3-1-2-9-25-18/h1-7,9,11,15,20,30H,8,10H2,(H,25,27,31)/t15-,20-/m0/s1. The minimum absolute atomic E-state index is 0.0645. The lowest BCUT2D eigenvalue weighted by atomic mass is 10.1. The maximum absolute atomic E-state index is 13.4. The van der Waals surface area contributed by atoms with Crippen LogP contribution in [0.3, 0.4) is 0 Å². The van der Waals surface area contributed by atoms with E-state index in [1.54, 1.807) is 47.5 Å². The second-order valence-electron chi connectivity index (χ2n) is 7.85. The minimum Gasteiger partial charge on any atom is -0.395 e. The molecule has 0 saturated carbocycles. The van der Waals surface area contributed by atoms with Gasteiger partial charge in [0.1, 0.15) is 12.0 Å². The first kappa shape index (κ1) is 19.7. The number of halogens is 2. The van der Waals surface area contributed by atoms with E-state index in [1.807, 2.05) is 0 Å². The number of carbonyl (C=O) groups is 1. The Morgan fingerprint density at radius 2 is 2.00 bits per heavy atom. The van der Waals surface area contributed by atoms with Crippen LogP contribution >= 0.6 is 0 Å². The molecule has 0 unspecified atom stereocenters. The van der Waals surface area contributed by atoms with Crippen LogP contribution in [-0.4, -0.2) is 46.2 Å². The number of urea groups is 1. The molecule has 168 valence electrons. The van der Waals surface area contributed by atoms with Crippen LogP contribution in [0.4, 0.5) is 30.9 Å². The molecule has 2 amide bonds. The van der Waals surface area contributed by atoms with Gasteiger partial charge in [0.05, 0.1) is 17.4 Å². The highest BCUT2D eigenvalue weighted by Crippen LogP contribution is 2.45. The molecule has 2 atom stereocenters. The number of pyridine rings is 2. The summed E-state index contributed by atoms with van der Waals surface area (Å²) in [6.45, 7) is 0.562. The van der Waals surface area contributed by atoms with Crippen molar-refractivity contribution in [1.82, 2.24) is 9.97 Å². The Kier molecular flexibility index (Phi) is 4.18. The summed E-state index contributed by atoms with van der Waals surface area (Å²) < 4.78 is 35.8. The number of nitrogens with one attached hydrogen (secondary N) is 1. The number of hydrogen-bond acceptors (Lipinski definition) is 7. The van der Waals surface area contributed by atoms with Crippen molar-refractivity contribution in [2.45, 2.75) is 25.0 Å². The maximum Gasteiger partial charge on any atom is 0.586 e. The summed E-state index contributed by atoms with van der Waals surface area (Å²) in [6.07, 6.45) is -2.47. The van der Waals surface area contributed by atoms with Crippen molar-refractivity contribution < 1.29 is 28.2 Å². The van der Waals surface area contributed by atoms with Crippen molar-refractivity contribution in [3.05, 3.63) is 54.7 Å². The fraction of sp³-hybridized carbons (Fsp3) is 0.227. The van der Waals surface area contributed by atoms with Gasteiger partial charge in [0, 0.05) is 18.3 Å². The zero-order chi connectivity index (χ0) is 22.7. The molecule has 9 nitrogen and oxygen atoms in total. The third kappa shape index (κ3) is 3.20. The van der Waals surface area contributed by atoms with E-state index in [4.69, 9.17) is 0 Å². The molecule has 3 aliphatic heterocycles. The number of carbonyl (C=O) groups excluding carboxylic acids is 1. The summed E-state index contributed by atoms with van der Waals surface area (Å²) in [5.41, 5.74) is 1.56. The Hall–Kier alpha value is -3.99. The summed E-state index contributed by atoms with van der Waals surface area (Å²) in [5.74, 6) is 0.565. The van der Waals surface area contributed by atoms with Crippen molar-refractivity contribution in [2.75, 3.05) is 21.7 Å².